The normalized spacial score (nSPS) is 11.7. The molecular formula is C16H21ClO3. The molecule has 1 aromatic rings. The van der Waals surface area contributed by atoms with Crippen molar-refractivity contribution in [2.24, 2.45) is 0 Å². The zero-order chi connectivity index (χ0) is 15.3. The highest BCUT2D eigenvalue weighted by molar-refractivity contribution is 6.31. The fraction of sp³-hybridized carbons (Fsp3) is 0.438. The quantitative estimate of drug-likeness (QED) is 0.601. The molecule has 110 valence electrons. The monoisotopic (exact) mass is 296 g/mol. The number of benzene rings is 1. The summed E-state index contributed by atoms with van der Waals surface area (Å²) in [5.41, 5.74) is 2.56. The molecule has 1 rings (SSSR count). The largest absolute Gasteiger partial charge is 0.489 e. The van der Waals surface area contributed by atoms with Gasteiger partial charge in [-0.25, -0.2) is 4.79 Å². The van der Waals surface area contributed by atoms with Gasteiger partial charge in [0.1, 0.15) is 12.4 Å². The van der Waals surface area contributed by atoms with Crippen LogP contribution in [-0.4, -0.2) is 19.7 Å². The highest BCUT2D eigenvalue weighted by Crippen LogP contribution is 2.31. The third kappa shape index (κ3) is 4.27. The minimum absolute atomic E-state index is 0.320. The van der Waals surface area contributed by atoms with E-state index in [1.54, 1.807) is 13.0 Å². The van der Waals surface area contributed by atoms with Gasteiger partial charge in [-0.15, -0.1) is 0 Å². The topological polar surface area (TPSA) is 35.5 Å². The second kappa shape index (κ2) is 7.34. The van der Waals surface area contributed by atoms with E-state index in [0.29, 0.717) is 18.1 Å². The molecule has 0 N–H and O–H groups in total. The SMILES string of the molecule is COC(=O)C(C)=CCOc1cc(C(C)C)c(Cl)cc1C. The van der Waals surface area contributed by atoms with Gasteiger partial charge >= 0.3 is 5.97 Å². The fourth-order valence-electron chi connectivity index (χ4n) is 1.77. The number of halogens is 1. The van der Waals surface area contributed by atoms with E-state index in [-0.39, 0.29) is 5.97 Å². The van der Waals surface area contributed by atoms with E-state index >= 15 is 0 Å². The molecule has 0 atom stereocenters. The van der Waals surface area contributed by atoms with Crippen molar-refractivity contribution >= 4 is 17.6 Å². The van der Waals surface area contributed by atoms with Crippen molar-refractivity contribution in [1.29, 1.82) is 0 Å². The van der Waals surface area contributed by atoms with Gasteiger partial charge in [0.15, 0.2) is 0 Å². The van der Waals surface area contributed by atoms with Gasteiger partial charge in [-0.3, -0.25) is 0 Å². The summed E-state index contributed by atoms with van der Waals surface area (Å²) in [6.07, 6.45) is 1.70. The molecule has 0 radical (unpaired) electrons. The first-order chi connectivity index (χ1) is 9.36. The Hall–Kier alpha value is -1.48. The summed E-state index contributed by atoms with van der Waals surface area (Å²) in [6.45, 7) is 8.13. The maximum atomic E-state index is 11.2. The van der Waals surface area contributed by atoms with Crippen LogP contribution in [0.4, 0.5) is 0 Å². The van der Waals surface area contributed by atoms with Crippen LogP contribution in [0.1, 0.15) is 37.8 Å². The minimum Gasteiger partial charge on any atom is -0.489 e. The van der Waals surface area contributed by atoms with Crippen LogP contribution in [0.15, 0.2) is 23.8 Å². The third-order valence-electron chi connectivity index (χ3n) is 3.05. The zero-order valence-corrected chi connectivity index (χ0v) is 13.4. The van der Waals surface area contributed by atoms with Crippen LogP contribution in [-0.2, 0) is 9.53 Å². The standard InChI is InChI=1S/C16H21ClO3/c1-10(2)13-9-15(12(4)8-14(13)17)20-7-6-11(3)16(18)19-5/h6,8-10H,7H2,1-5H3. The van der Waals surface area contributed by atoms with Crippen molar-refractivity contribution in [3.63, 3.8) is 0 Å². The van der Waals surface area contributed by atoms with Crippen molar-refractivity contribution in [2.45, 2.75) is 33.6 Å². The molecule has 0 saturated carbocycles. The Morgan fingerprint density at radius 2 is 2.05 bits per heavy atom. The predicted molar refractivity (Wildman–Crippen MR) is 81.5 cm³/mol. The molecule has 4 heteroatoms. The Morgan fingerprint density at radius 1 is 1.40 bits per heavy atom. The van der Waals surface area contributed by atoms with Crippen LogP contribution in [0.2, 0.25) is 5.02 Å². The number of methoxy groups -OCH3 is 1. The summed E-state index contributed by atoms with van der Waals surface area (Å²) in [6, 6.07) is 3.87. The van der Waals surface area contributed by atoms with E-state index in [1.807, 2.05) is 19.1 Å². The first kappa shape index (κ1) is 16.6. The van der Waals surface area contributed by atoms with Crippen LogP contribution in [0, 0.1) is 6.92 Å². The zero-order valence-electron chi connectivity index (χ0n) is 12.6. The number of ether oxygens (including phenoxy) is 2. The van der Waals surface area contributed by atoms with Gasteiger partial charge in [-0.05, 0) is 49.1 Å². The summed E-state index contributed by atoms with van der Waals surface area (Å²) in [5.74, 6) is 0.772. The molecule has 3 nitrogen and oxygen atoms in total. The lowest BCUT2D eigenvalue weighted by molar-refractivity contribution is -0.136. The van der Waals surface area contributed by atoms with E-state index in [1.165, 1.54) is 7.11 Å². The lowest BCUT2D eigenvalue weighted by atomic mass is 10.0. The number of rotatable bonds is 5. The lowest BCUT2D eigenvalue weighted by Crippen LogP contribution is -2.04. The molecule has 0 aliphatic carbocycles. The van der Waals surface area contributed by atoms with Crippen molar-refractivity contribution in [2.75, 3.05) is 13.7 Å². The van der Waals surface area contributed by atoms with Crippen molar-refractivity contribution < 1.29 is 14.3 Å². The maximum absolute atomic E-state index is 11.2. The Morgan fingerprint density at radius 3 is 2.60 bits per heavy atom. The number of carbonyl (C=O) groups is 1. The van der Waals surface area contributed by atoms with Crippen LogP contribution in [0.3, 0.4) is 0 Å². The van der Waals surface area contributed by atoms with Gasteiger partial charge in [-0.1, -0.05) is 25.4 Å². The van der Waals surface area contributed by atoms with E-state index < -0.39 is 0 Å². The molecule has 0 spiro atoms. The summed E-state index contributed by atoms with van der Waals surface area (Å²) >= 11 is 6.21. The molecule has 0 aliphatic heterocycles. The first-order valence-corrected chi connectivity index (χ1v) is 6.92. The van der Waals surface area contributed by atoms with Gasteiger partial charge in [0, 0.05) is 10.6 Å². The van der Waals surface area contributed by atoms with E-state index in [9.17, 15) is 4.79 Å². The Balaban J connectivity index is 2.83. The van der Waals surface area contributed by atoms with Crippen molar-refractivity contribution in [1.82, 2.24) is 0 Å². The molecule has 0 amide bonds. The van der Waals surface area contributed by atoms with Gasteiger partial charge < -0.3 is 9.47 Å². The summed E-state index contributed by atoms with van der Waals surface area (Å²) in [5, 5.41) is 0.756. The second-order valence-corrected chi connectivity index (χ2v) is 5.39. The summed E-state index contributed by atoms with van der Waals surface area (Å²) in [4.78, 5) is 11.2. The highest BCUT2D eigenvalue weighted by Gasteiger charge is 2.10. The smallest absolute Gasteiger partial charge is 0.333 e. The molecule has 0 unspecified atom stereocenters. The van der Waals surface area contributed by atoms with Crippen LogP contribution in [0.5, 0.6) is 5.75 Å². The van der Waals surface area contributed by atoms with E-state index in [4.69, 9.17) is 16.3 Å². The average Bonchev–Trinajstić information content (AvgIpc) is 2.39. The fourth-order valence-corrected chi connectivity index (χ4v) is 2.20. The molecule has 0 heterocycles. The van der Waals surface area contributed by atoms with Gasteiger partial charge in [0.05, 0.1) is 7.11 Å². The molecule has 0 aromatic heterocycles. The van der Waals surface area contributed by atoms with E-state index in [2.05, 4.69) is 18.6 Å². The number of hydrogen-bond donors (Lipinski definition) is 0. The molecular weight excluding hydrogens is 276 g/mol. The minimum atomic E-state index is -0.343. The van der Waals surface area contributed by atoms with Crippen molar-refractivity contribution in [3.05, 3.63) is 39.9 Å². The second-order valence-electron chi connectivity index (χ2n) is 4.98. The average molecular weight is 297 g/mol. The Kier molecular flexibility index (Phi) is 6.08. The number of carbonyl (C=O) groups excluding carboxylic acids is 1. The molecule has 20 heavy (non-hydrogen) atoms. The van der Waals surface area contributed by atoms with Crippen molar-refractivity contribution in [3.8, 4) is 5.75 Å². The predicted octanol–water partition coefficient (Wildman–Crippen LogP) is 4.27. The summed E-state index contributed by atoms with van der Waals surface area (Å²) < 4.78 is 10.3. The van der Waals surface area contributed by atoms with E-state index in [0.717, 1.165) is 21.9 Å². The summed E-state index contributed by atoms with van der Waals surface area (Å²) in [7, 11) is 1.36. The molecule has 1 aromatic carbocycles. The van der Waals surface area contributed by atoms with Gasteiger partial charge in [-0.2, -0.15) is 0 Å². The number of aryl methyl sites for hydroxylation is 1. The Bertz CT molecular complexity index is 519. The lowest BCUT2D eigenvalue weighted by Gasteiger charge is -2.14. The van der Waals surface area contributed by atoms with Crippen LogP contribution >= 0.6 is 11.6 Å². The number of hydrogen-bond acceptors (Lipinski definition) is 3. The molecule has 0 fully saturated rings. The molecule has 0 saturated heterocycles. The van der Waals surface area contributed by atoms with Crippen LogP contribution in [0.25, 0.3) is 0 Å². The Labute approximate surface area is 125 Å². The highest BCUT2D eigenvalue weighted by atomic mass is 35.5. The molecule has 0 aliphatic rings. The first-order valence-electron chi connectivity index (χ1n) is 6.54. The van der Waals surface area contributed by atoms with Crippen LogP contribution < -0.4 is 4.74 Å². The third-order valence-corrected chi connectivity index (χ3v) is 3.38. The molecule has 0 bridgehead atoms. The number of esters is 1. The maximum Gasteiger partial charge on any atom is 0.333 e. The van der Waals surface area contributed by atoms with Gasteiger partial charge in [0.25, 0.3) is 0 Å². The van der Waals surface area contributed by atoms with Gasteiger partial charge in [0.2, 0.25) is 0 Å².